The van der Waals surface area contributed by atoms with Gasteiger partial charge in [-0.2, -0.15) is 0 Å². The Bertz CT molecular complexity index is 848. The minimum atomic E-state index is 0.180. The van der Waals surface area contributed by atoms with Crippen molar-refractivity contribution < 1.29 is 0 Å². The highest BCUT2D eigenvalue weighted by Crippen LogP contribution is 2.26. The molecule has 2 aliphatic rings. The first-order valence-corrected chi connectivity index (χ1v) is 7.23. The van der Waals surface area contributed by atoms with Crippen molar-refractivity contribution in [2.24, 2.45) is 9.98 Å². The fourth-order valence-electron chi connectivity index (χ4n) is 2.95. The highest BCUT2D eigenvalue weighted by molar-refractivity contribution is 5.85. The van der Waals surface area contributed by atoms with Crippen LogP contribution in [-0.2, 0) is 6.42 Å². The van der Waals surface area contributed by atoms with Crippen LogP contribution in [0.15, 0.2) is 70.4 Å². The molecule has 1 atom stereocenters. The number of aliphatic imine (C=N–C) groups is 1. The standard InChI is InChI=1S/C18H15N3/c1-2-7-15-14(6-1)18-16(20-12-10-17(18)21-15)9-8-13-5-3-4-11-19-13/h1-7,10-12,16H,8-9H2. The highest BCUT2D eigenvalue weighted by atomic mass is 14.9. The van der Waals surface area contributed by atoms with E-state index in [0.29, 0.717) is 0 Å². The van der Waals surface area contributed by atoms with Crippen molar-refractivity contribution in [3.05, 3.63) is 76.7 Å². The summed E-state index contributed by atoms with van der Waals surface area (Å²) in [6, 6.07) is 14.5. The van der Waals surface area contributed by atoms with Crippen molar-refractivity contribution in [1.29, 1.82) is 0 Å². The highest BCUT2D eigenvalue weighted by Gasteiger charge is 2.23. The largest absolute Gasteiger partial charge is 0.285 e. The van der Waals surface area contributed by atoms with Gasteiger partial charge < -0.3 is 0 Å². The summed E-state index contributed by atoms with van der Waals surface area (Å²) in [7, 11) is 0. The van der Waals surface area contributed by atoms with Crippen LogP contribution in [0.4, 0.5) is 0 Å². The van der Waals surface area contributed by atoms with Gasteiger partial charge in [0, 0.05) is 28.9 Å². The SMILES string of the molecule is C1=NC(CCc2ccccn2)C2=c3ccccc3=NC2=C1. The fourth-order valence-corrected chi connectivity index (χ4v) is 2.95. The molecule has 0 saturated heterocycles. The van der Waals surface area contributed by atoms with Crippen LogP contribution < -0.4 is 10.6 Å². The van der Waals surface area contributed by atoms with Gasteiger partial charge in [-0.05, 0) is 37.1 Å². The van der Waals surface area contributed by atoms with Crippen molar-refractivity contribution in [3.63, 3.8) is 0 Å². The third-order valence-electron chi connectivity index (χ3n) is 3.94. The molecule has 102 valence electrons. The zero-order valence-corrected chi connectivity index (χ0v) is 11.6. The summed E-state index contributed by atoms with van der Waals surface area (Å²) in [5, 5.41) is 2.29. The molecule has 21 heavy (non-hydrogen) atoms. The van der Waals surface area contributed by atoms with Crippen LogP contribution >= 0.6 is 0 Å². The van der Waals surface area contributed by atoms with E-state index in [-0.39, 0.29) is 6.04 Å². The number of aromatic nitrogens is 1. The Kier molecular flexibility index (Phi) is 2.96. The van der Waals surface area contributed by atoms with E-state index in [1.165, 1.54) is 10.8 Å². The van der Waals surface area contributed by atoms with Crippen molar-refractivity contribution in [2.45, 2.75) is 18.9 Å². The fraction of sp³-hybridized carbons (Fsp3) is 0.167. The molecule has 1 aromatic carbocycles. The average molecular weight is 273 g/mol. The number of nitrogens with zero attached hydrogens (tertiary/aromatic N) is 3. The summed E-state index contributed by atoms with van der Waals surface area (Å²) in [6.07, 6.45) is 7.63. The van der Waals surface area contributed by atoms with Gasteiger partial charge >= 0.3 is 0 Å². The minimum Gasteiger partial charge on any atom is -0.285 e. The van der Waals surface area contributed by atoms with Gasteiger partial charge in [0.2, 0.25) is 0 Å². The molecule has 1 aromatic heterocycles. The Morgan fingerprint density at radius 3 is 2.81 bits per heavy atom. The number of allylic oxidation sites excluding steroid dienone is 1. The number of benzene rings is 1. The van der Waals surface area contributed by atoms with Gasteiger partial charge in [0.15, 0.2) is 0 Å². The third kappa shape index (κ3) is 2.21. The minimum absolute atomic E-state index is 0.180. The Balaban J connectivity index is 1.67. The smallest absolute Gasteiger partial charge is 0.0780 e. The van der Waals surface area contributed by atoms with Crippen molar-refractivity contribution in [2.75, 3.05) is 0 Å². The topological polar surface area (TPSA) is 37.6 Å². The molecule has 4 rings (SSSR count). The lowest BCUT2D eigenvalue weighted by Gasteiger charge is -2.17. The summed E-state index contributed by atoms with van der Waals surface area (Å²) in [4.78, 5) is 13.7. The van der Waals surface area contributed by atoms with Gasteiger partial charge in [-0.3, -0.25) is 9.98 Å². The zero-order valence-electron chi connectivity index (χ0n) is 11.6. The second-order valence-corrected chi connectivity index (χ2v) is 5.27. The zero-order chi connectivity index (χ0) is 14.1. The lowest BCUT2D eigenvalue weighted by Crippen LogP contribution is -2.26. The quantitative estimate of drug-likeness (QED) is 0.840. The van der Waals surface area contributed by atoms with Crippen LogP contribution in [0.25, 0.3) is 5.57 Å². The molecule has 3 heterocycles. The molecule has 2 aromatic rings. The van der Waals surface area contributed by atoms with Crippen LogP contribution in [-0.4, -0.2) is 17.2 Å². The molecule has 0 radical (unpaired) electrons. The Labute approximate surface area is 123 Å². The summed E-state index contributed by atoms with van der Waals surface area (Å²) >= 11 is 0. The molecule has 0 spiro atoms. The second-order valence-electron chi connectivity index (χ2n) is 5.27. The number of hydrogen-bond donors (Lipinski definition) is 0. The van der Waals surface area contributed by atoms with E-state index in [2.05, 4.69) is 34.2 Å². The normalized spacial score (nSPS) is 18.8. The van der Waals surface area contributed by atoms with Crippen molar-refractivity contribution in [3.8, 4) is 0 Å². The molecule has 0 N–H and O–H groups in total. The molecule has 3 nitrogen and oxygen atoms in total. The Hall–Kier alpha value is -2.55. The third-order valence-corrected chi connectivity index (χ3v) is 3.94. The van der Waals surface area contributed by atoms with Gasteiger partial charge in [-0.15, -0.1) is 0 Å². The lowest BCUT2D eigenvalue weighted by molar-refractivity contribution is 0.721. The van der Waals surface area contributed by atoms with Crippen LogP contribution in [0.5, 0.6) is 0 Å². The van der Waals surface area contributed by atoms with Crippen LogP contribution in [0.2, 0.25) is 0 Å². The van der Waals surface area contributed by atoms with Gasteiger partial charge in [0.25, 0.3) is 0 Å². The predicted octanol–water partition coefficient (Wildman–Crippen LogP) is 1.84. The van der Waals surface area contributed by atoms with E-state index in [9.17, 15) is 0 Å². The maximum atomic E-state index is 4.70. The molecule has 2 aliphatic heterocycles. The number of dihydropyridines is 1. The van der Waals surface area contributed by atoms with Gasteiger partial charge in [0.1, 0.15) is 0 Å². The summed E-state index contributed by atoms with van der Waals surface area (Å²) in [6.45, 7) is 0. The first-order valence-electron chi connectivity index (χ1n) is 7.23. The summed E-state index contributed by atoms with van der Waals surface area (Å²) < 4.78 is 0. The van der Waals surface area contributed by atoms with Crippen molar-refractivity contribution >= 4 is 11.8 Å². The van der Waals surface area contributed by atoms with Gasteiger partial charge in [-0.1, -0.05) is 24.3 Å². The first-order chi connectivity index (χ1) is 10.4. The van der Waals surface area contributed by atoms with E-state index < -0.39 is 0 Å². The maximum Gasteiger partial charge on any atom is 0.0780 e. The molecule has 0 amide bonds. The monoisotopic (exact) mass is 273 g/mol. The number of hydrogen-bond acceptors (Lipinski definition) is 3. The van der Waals surface area contributed by atoms with Crippen molar-refractivity contribution in [1.82, 2.24) is 4.98 Å². The van der Waals surface area contributed by atoms with E-state index in [0.717, 1.165) is 29.6 Å². The molecule has 0 fully saturated rings. The van der Waals surface area contributed by atoms with E-state index >= 15 is 0 Å². The number of fused-ring (bicyclic) bond motifs is 2. The van der Waals surface area contributed by atoms with E-state index in [1.807, 2.05) is 36.7 Å². The number of rotatable bonds is 3. The second kappa shape index (κ2) is 5.09. The molecule has 0 saturated carbocycles. The Morgan fingerprint density at radius 2 is 1.90 bits per heavy atom. The van der Waals surface area contributed by atoms with Gasteiger partial charge in [-0.25, -0.2) is 4.99 Å². The summed E-state index contributed by atoms with van der Waals surface area (Å²) in [5.41, 5.74) is 3.45. The van der Waals surface area contributed by atoms with Gasteiger partial charge in [0.05, 0.1) is 17.1 Å². The molecule has 1 unspecified atom stereocenters. The lowest BCUT2D eigenvalue weighted by atomic mass is 9.96. The number of para-hydroxylation sites is 1. The summed E-state index contributed by atoms with van der Waals surface area (Å²) in [5.74, 6) is 0. The average Bonchev–Trinajstić information content (AvgIpc) is 2.93. The molecular formula is C18H15N3. The van der Waals surface area contributed by atoms with Crippen LogP contribution in [0.1, 0.15) is 12.1 Å². The number of pyridine rings is 1. The molecule has 0 bridgehead atoms. The maximum absolute atomic E-state index is 4.70. The van der Waals surface area contributed by atoms with Crippen LogP contribution in [0, 0.1) is 0 Å². The Morgan fingerprint density at radius 1 is 1.00 bits per heavy atom. The number of aryl methyl sites for hydroxylation is 1. The van der Waals surface area contributed by atoms with E-state index in [4.69, 9.17) is 4.99 Å². The first kappa shape index (κ1) is 12.2. The predicted molar refractivity (Wildman–Crippen MR) is 83.6 cm³/mol. The molecule has 0 aliphatic carbocycles. The molecular weight excluding hydrogens is 258 g/mol. The molecule has 3 heteroatoms. The van der Waals surface area contributed by atoms with E-state index in [1.54, 1.807) is 0 Å². The van der Waals surface area contributed by atoms with Crippen LogP contribution in [0.3, 0.4) is 0 Å².